The molecule has 12 rings (SSSR count). The Morgan fingerprint density at radius 2 is 0.377 bits per heavy atom. The molecule has 0 bridgehead atoms. The molecular weight excluding hydrogens is 937 g/mol. The van der Waals surface area contributed by atoms with Crippen molar-refractivity contribution in [1.82, 2.24) is 0 Å². The SMILES string of the molecule is c1ccc(N(c2ccccc2)c2cccc(-c3cc(N(c4ccccc4)c4ccccc4)ccc3Oc3ccc(N(c4ccccc4)c4ccccc4)cc3-c3cccc(N(c4ccccc4)c4ccccc4)c3)c2)cc1. The Morgan fingerprint density at radius 1 is 0.169 bits per heavy atom. The van der Waals surface area contributed by atoms with E-state index < -0.39 is 0 Å². The van der Waals surface area contributed by atoms with Crippen LogP contribution < -0.4 is 24.3 Å². The Kier molecular flexibility index (Phi) is 13.9. The molecule has 0 spiro atoms. The lowest BCUT2D eigenvalue weighted by Crippen LogP contribution is -2.11. The van der Waals surface area contributed by atoms with E-state index in [1.165, 1.54) is 0 Å². The fraction of sp³-hybridized carbons (Fsp3) is 0. The molecule has 0 aliphatic carbocycles. The maximum atomic E-state index is 7.52. The maximum absolute atomic E-state index is 7.52. The fourth-order valence-corrected chi connectivity index (χ4v) is 10.1. The predicted octanol–water partition coefficient (Wildman–Crippen LogP) is 20.7. The van der Waals surface area contributed by atoms with E-state index in [1.807, 2.05) is 0 Å². The molecule has 368 valence electrons. The van der Waals surface area contributed by atoms with Gasteiger partial charge in [-0.15, -0.1) is 0 Å². The van der Waals surface area contributed by atoms with E-state index in [2.05, 4.69) is 347 Å². The molecule has 5 heteroatoms. The first-order valence-electron chi connectivity index (χ1n) is 26.0. The van der Waals surface area contributed by atoms with Crippen molar-refractivity contribution in [1.29, 1.82) is 0 Å². The molecule has 0 aliphatic heterocycles. The summed E-state index contributed by atoms with van der Waals surface area (Å²) in [5, 5.41) is 0. The van der Waals surface area contributed by atoms with Gasteiger partial charge in [-0.3, -0.25) is 0 Å². The first-order chi connectivity index (χ1) is 38.2. The number of benzene rings is 12. The Balaban J connectivity index is 1.06. The molecule has 0 atom stereocenters. The first kappa shape index (κ1) is 47.6. The molecule has 12 aromatic rings. The largest absolute Gasteiger partial charge is 0.456 e. The molecule has 0 heterocycles. The van der Waals surface area contributed by atoms with Gasteiger partial charge in [0.25, 0.3) is 0 Å². The zero-order chi connectivity index (χ0) is 51.6. The molecule has 0 fully saturated rings. The molecule has 12 aromatic carbocycles. The van der Waals surface area contributed by atoms with Crippen LogP contribution in [0.15, 0.2) is 328 Å². The van der Waals surface area contributed by atoms with Crippen molar-refractivity contribution in [2.75, 3.05) is 19.6 Å². The molecule has 0 N–H and O–H groups in total. The third kappa shape index (κ3) is 10.4. The Morgan fingerprint density at radius 3 is 0.610 bits per heavy atom. The molecule has 0 saturated heterocycles. The van der Waals surface area contributed by atoms with E-state index in [0.29, 0.717) is 11.5 Å². The van der Waals surface area contributed by atoms with Crippen LogP contribution in [0.4, 0.5) is 68.2 Å². The summed E-state index contributed by atoms with van der Waals surface area (Å²) >= 11 is 0. The lowest BCUT2D eigenvalue weighted by molar-refractivity contribution is 0.486. The van der Waals surface area contributed by atoms with Gasteiger partial charge >= 0.3 is 0 Å². The zero-order valence-electron chi connectivity index (χ0n) is 42.4. The number of hydrogen-bond acceptors (Lipinski definition) is 5. The van der Waals surface area contributed by atoms with Crippen molar-refractivity contribution in [3.63, 3.8) is 0 Å². The van der Waals surface area contributed by atoms with Crippen molar-refractivity contribution in [2.45, 2.75) is 0 Å². The minimum absolute atomic E-state index is 0.710. The van der Waals surface area contributed by atoms with Crippen LogP contribution in [0.5, 0.6) is 11.5 Å². The van der Waals surface area contributed by atoms with Crippen LogP contribution in [0, 0.1) is 0 Å². The van der Waals surface area contributed by atoms with Gasteiger partial charge in [-0.25, -0.2) is 0 Å². The molecule has 0 aromatic heterocycles. The van der Waals surface area contributed by atoms with E-state index in [0.717, 1.165) is 90.5 Å². The average Bonchev–Trinajstić information content (AvgIpc) is 3.51. The third-order valence-corrected chi connectivity index (χ3v) is 13.6. The molecule has 0 aliphatic rings. The zero-order valence-corrected chi connectivity index (χ0v) is 42.4. The Bertz CT molecular complexity index is 3420. The molecule has 0 saturated carbocycles. The summed E-state index contributed by atoms with van der Waals surface area (Å²) in [5.74, 6) is 1.42. The number of nitrogens with zero attached hydrogens (tertiary/aromatic N) is 4. The predicted molar refractivity (Wildman–Crippen MR) is 323 cm³/mol. The van der Waals surface area contributed by atoms with Gasteiger partial charge < -0.3 is 24.3 Å². The Hall–Kier alpha value is -10.4. The smallest absolute Gasteiger partial charge is 0.135 e. The molecule has 77 heavy (non-hydrogen) atoms. The van der Waals surface area contributed by atoms with Crippen molar-refractivity contribution in [2.24, 2.45) is 0 Å². The molecule has 5 nitrogen and oxygen atoms in total. The van der Waals surface area contributed by atoms with Crippen LogP contribution in [-0.2, 0) is 0 Å². The molecule has 0 radical (unpaired) electrons. The van der Waals surface area contributed by atoms with Gasteiger partial charge in [-0.2, -0.15) is 0 Å². The van der Waals surface area contributed by atoms with Gasteiger partial charge in [0, 0.05) is 79.4 Å². The third-order valence-electron chi connectivity index (χ3n) is 13.6. The quantitative estimate of drug-likeness (QED) is 0.0959. The highest BCUT2D eigenvalue weighted by Crippen LogP contribution is 2.47. The lowest BCUT2D eigenvalue weighted by Gasteiger charge is -2.28. The second-order valence-electron chi connectivity index (χ2n) is 18.6. The summed E-state index contributed by atoms with van der Waals surface area (Å²) in [5.41, 5.74) is 16.3. The van der Waals surface area contributed by atoms with Crippen LogP contribution in [0.2, 0.25) is 0 Å². The standard InChI is InChI=1S/C72H54N4O/c1-9-29-57(30-10-1)73(58-31-11-2-12-32-58)65-45-25-27-55(51-65)69-53-67(75(61-37-17-5-18-38-61)62-39-19-6-20-40-62)47-49-71(69)77-72-50-48-68(76(63-41-21-7-22-42-63)64-43-23-8-24-44-64)54-70(72)56-28-26-46-66(52-56)74(59-33-13-3-14-34-59)60-35-15-4-16-36-60/h1-54H. The van der Waals surface area contributed by atoms with Crippen LogP contribution >= 0.6 is 0 Å². The van der Waals surface area contributed by atoms with E-state index >= 15 is 0 Å². The number of para-hydroxylation sites is 8. The normalized spacial score (nSPS) is 10.9. The van der Waals surface area contributed by atoms with E-state index in [4.69, 9.17) is 4.74 Å². The average molecular weight is 991 g/mol. The highest BCUT2D eigenvalue weighted by molar-refractivity contribution is 5.88. The van der Waals surface area contributed by atoms with Gasteiger partial charge in [0.05, 0.1) is 0 Å². The first-order valence-corrected chi connectivity index (χ1v) is 26.0. The van der Waals surface area contributed by atoms with Crippen LogP contribution in [0.3, 0.4) is 0 Å². The van der Waals surface area contributed by atoms with Crippen molar-refractivity contribution < 1.29 is 4.74 Å². The second-order valence-corrected chi connectivity index (χ2v) is 18.6. The fourth-order valence-electron chi connectivity index (χ4n) is 10.1. The summed E-state index contributed by atoms with van der Waals surface area (Å²) < 4.78 is 7.52. The number of ether oxygens (including phenoxy) is 1. The summed E-state index contributed by atoms with van der Waals surface area (Å²) in [6.45, 7) is 0. The second kappa shape index (κ2) is 22.4. The highest BCUT2D eigenvalue weighted by Gasteiger charge is 2.22. The lowest BCUT2D eigenvalue weighted by atomic mass is 10.00. The Labute approximate surface area is 451 Å². The number of anilines is 12. The maximum Gasteiger partial charge on any atom is 0.135 e. The van der Waals surface area contributed by atoms with Crippen LogP contribution in [-0.4, -0.2) is 0 Å². The minimum atomic E-state index is 0.710. The topological polar surface area (TPSA) is 22.2 Å². The van der Waals surface area contributed by atoms with E-state index in [1.54, 1.807) is 0 Å². The van der Waals surface area contributed by atoms with E-state index in [-0.39, 0.29) is 0 Å². The van der Waals surface area contributed by atoms with Crippen LogP contribution in [0.1, 0.15) is 0 Å². The van der Waals surface area contributed by atoms with Gasteiger partial charge in [-0.1, -0.05) is 170 Å². The summed E-state index contributed by atoms with van der Waals surface area (Å²) in [7, 11) is 0. The summed E-state index contributed by atoms with van der Waals surface area (Å²) in [4.78, 5) is 9.21. The summed E-state index contributed by atoms with van der Waals surface area (Å²) in [6.07, 6.45) is 0. The van der Waals surface area contributed by atoms with Crippen molar-refractivity contribution in [3.8, 4) is 33.8 Å². The summed E-state index contributed by atoms with van der Waals surface area (Å²) in [6, 6.07) is 115. The highest BCUT2D eigenvalue weighted by atomic mass is 16.5. The monoisotopic (exact) mass is 990 g/mol. The van der Waals surface area contributed by atoms with Gasteiger partial charge in [0.15, 0.2) is 0 Å². The van der Waals surface area contributed by atoms with E-state index in [9.17, 15) is 0 Å². The van der Waals surface area contributed by atoms with Crippen molar-refractivity contribution in [3.05, 3.63) is 328 Å². The van der Waals surface area contributed by atoms with Gasteiger partial charge in [0.2, 0.25) is 0 Å². The van der Waals surface area contributed by atoms with Crippen LogP contribution in [0.25, 0.3) is 22.3 Å². The van der Waals surface area contributed by atoms with Gasteiger partial charge in [0.1, 0.15) is 11.5 Å². The number of rotatable bonds is 16. The minimum Gasteiger partial charge on any atom is -0.456 e. The number of hydrogen-bond donors (Lipinski definition) is 0. The van der Waals surface area contributed by atoms with Gasteiger partial charge in [-0.05, 0) is 169 Å². The molecular formula is C72H54N4O. The molecule has 0 amide bonds. The van der Waals surface area contributed by atoms with Crippen molar-refractivity contribution >= 4 is 68.2 Å². The molecule has 0 unspecified atom stereocenters.